The molecule has 66 heavy (non-hydrogen) atoms. The highest BCUT2D eigenvalue weighted by Crippen LogP contribution is 2.34. The smallest absolute Gasteiger partial charge is 0.267 e. The van der Waals surface area contributed by atoms with Crippen molar-refractivity contribution in [2.75, 3.05) is 68.0 Å². The molecule has 5 heterocycles. The fourth-order valence-corrected chi connectivity index (χ4v) is 8.96. The SMILES string of the molecule is C=C1CCC(N2C(=O)c3cccc(OCC(=O)NCCCCCCCCNC(=O)CN4CCN(c5cc(Nc6ncc(C(=O)Nc7c(C)cccc7Cl)s6)nc(C)n5)CC4)c3C2=O)C(=O)N1. The number of allylic oxidation sites excluding steroid dienone is 1. The highest BCUT2D eigenvalue weighted by atomic mass is 35.5. The van der Waals surface area contributed by atoms with Gasteiger partial charge in [0.1, 0.15) is 34.1 Å². The molecule has 348 valence electrons. The lowest BCUT2D eigenvalue weighted by molar-refractivity contribution is -0.125. The number of anilines is 4. The Bertz CT molecular complexity index is 2470. The van der Waals surface area contributed by atoms with Gasteiger partial charge in [-0.15, -0.1) is 0 Å². The van der Waals surface area contributed by atoms with Crippen LogP contribution in [0, 0.1) is 13.8 Å². The second-order valence-corrected chi connectivity index (χ2v) is 17.8. The number of unbranched alkanes of at least 4 members (excludes halogenated alkanes) is 5. The molecule has 3 aliphatic rings. The average molecular weight is 941 g/mol. The molecule has 6 amide bonds. The number of ether oxygens (including phenoxy) is 1. The monoisotopic (exact) mass is 939 g/mol. The van der Waals surface area contributed by atoms with Crippen molar-refractivity contribution in [3.63, 3.8) is 0 Å². The number of aryl methyl sites for hydroxylation is 2. The van der Waals surface area contributed by atoms with E-state index in [0.29, 0.717) is 96.7 Å². The molecule has 0 aliphatic carbocycles. The molecule has 7 rings (SSSR count). The normalized spacial score (nSPS) is 16.2. The minimum absolute atomic E-state index is 0.00476. The standard InChI is InChI=1S/C46H54ClN11O7S/c1-28-12-10-14-32(47)41(28)55-43(62)35-25-50-46(66-35)54-36-24-37(53-30(3)52-36)57-22-20-56(21-23-57)26-38(59)48-18-8-6-4-5-7-9-19-49-39(60)27-65-34-15-11-13-31-40(34)45(64)58(44(31)63)33-17-16-29(2)51-42(33)61/h10-15,24-25,33H,2,4-9,16-23,26-27H2,1,3H3,(H,48,59)(H,49,60)(H,51,61)(H,55,62)(H,50,52,53,54). The Morgan fingerprint density at radius 1 is 0.909 bits per heavy atom. The molecule has 0 bridgehead atoms. The summed E-state index contributed by atoms with van der Waals surface area (Å²) >= 11 is 7.50. The Hall–Kier alpha value is -6.44. The third-order valence-corrected chi connectivity index (χ3v) is 12.7. The van der Waals surface area contributed by atoms with Crippen LogP contribution in [0.5, 0.6) is 5.75 Å². The first-order chi connectivity index (χ1) is 31.8. The maximum atomic E-state index is 13.3. The van der Waals surface area contributed by atoms with Crippen molar-refractivity contribution in [1.82, 2.24) is 40.7 Å². The zero-order valence-electron chi connectivity index (χ0n) is 37.0. The van der Waals surface area contributed by atoms with Crippen molar-refractivity contribution in [2.45, 2.75) is 71.3 Å². The van der Waals surface area contributed by atoms with E-state index in [0.717, 1.165) is 54.8 Å². The van der Waals surface area contributed by atoms with Crippen LogP contribution in [0.4, 0.5) is 22.5 Å². The van der Waals surface area contributed by atoms with Crippen LogP contribution in [0.1, 0.15) is 93.1 Å². The third kappa shape index (κ3) is 12.1. The van der Waals surface area contributed by atoms with Crippen LogP contribution >= 0.6 is 22.9 Å². The second kappa shape index (κ2) is 22.2. The van der Waals surface area contributed by atoms with Gasteiger partial charge in [0.05, 0.1) is 34.6 Å². The van der Waals surface area contributed by atoms with Crippen LogP contribution in [0.3, 0.4) is 0 Å². The minimum Gasteiger partial charge on any atom is -0.483 e. The lowest BCUT2D eigenvalue weighted by Crippen LogP contribution is -2.51. The van der Waals surface area contributed by atoms with E-state index in [1.54, 1.807) is 12.1 Å². The quantitative estimate of drug-likeness (QED) is 0.0558. The number of piperidine rings is 1. The van der Waals surface area contributed by atoms with E-state index in [4.69, 9.17) is 16.3 Å². The summed E-state index contributed by atoms with van der Waals surface area (Å²) in [6.45, 7) is 11.4. The van der Waals surface area contributed by atoms with E-state index in [1.807, 2.05) is 32.0 Å². The number of aromatic nitrogens is 3. The topological polar surface area (TPSA) is 220 Å². The van der Waals surface area contributed by atoms with Gasteiger partial charge < -0.3 is 36.2 Å². The van der Waals surface area contributed by atoms with Gasteiger partial charge in [0.25, 0.3) is 23.6 Å². The molecular weight excluding hydrogens is 886 g/mol. The summed E-state index contributed by atoms with van der Waals surface area (Å²) in [5.74, 6) is -0.219. The van der Waals surface area contributed by atoms with Crippen molar-refractivity contribution in [3.8, 4) is 5.75 Å². The Kier molecular flexibility index (Phi) is 16.0. The van der Waals surface area contributed by atoms with Crippen molar-refractivity contribution < 1.29 is 33.5 Å². The number of piperazine rings is 1. The maximum absolute atomic E-state index is 13.3. The highest BCUT2D eigenvalue weighted by molar-refractivity contribution is 7.17. The second-order valence-electron chi connectivity index (χ2n) is 16.4. The van der Waals surface area contributed by atoms with Crippen molar-refractivity contribution in [2.24, 2.45) is 0 Å². The molecule has 20 heteroatoms. The van der Waals surface area contributed by atoms with Crippen molar-refractivity contribution >= 4 is 80.8 Å². The largest absolute Gasteiger partial charge is 0.483 e. The summed E-state index contributed by atoms with van der Waals surface area (Å²) in [5, 5.41) is 15.6. The minimum atomic E-state index is -0.934. The van der Waals surface area contributed by atoms with Crippen LogP contribution in [-0.2, 0) is 14.4 Å². The van der Waals surface area contributed by atoms with E-state index in [1.165, 1.54) is 29.7 Å². The molecule has 2 saturated heterocycles. The number of carbonyl (C=O) groups is 6. The summed E-state index contributed by atoms with van der Waals surface area (Å²) < 4.78 is 5.69. The van der Waals surface area contributed by atoms with Gasteiger partial charge in [-0.25, -0.2) is 15.0 Å². The molecule has 2 aromatic heterocycles. The molecule has 0 spiro atoms. The van der Waals surface area contributed by atoms with Gasteiger partial charge in [0.15, 0.2) is 11.7 Å². The van der Waals surface area contributed by atoms with Gasteiger partial charge in [-0.05, 0) is 63.3 Å². The molecule has 0 radical (unpaired) electrons. The Labute approximate surface area is 391 Å². The number of rotatable bonds is 20. The number of nitrogens with one attached hydrogen (secondary N) is 5. The number of carbonyl (C=O) groups excluding carboxylic acids is 6. The van der Waals surface area contributed by atoms with Gasteiger partial charge in [-0.3, -0.25) is 38.6 Å². The lowest BCUT2D eigenvalue weighted by Gasteiger charge is -2.35. The van der Waals surface area contributed by atoms with Crippen LogP contribution < -0.4 is 36.2 Å². The summed E-state index contributed by atoms with van der Waals surface area (Å²) in [6.07, 6.45) is 7.88. The van der Waals surface area contributed by atoms with Crippen molar-refractivity contribution in [1.29, 1.82) is 0 Å². The number of imide groups is 1. The number of benzene rings is 2. The number of fused-ring (bicyclic) bond motifs is 1. The molecule has 2 aromatic carbocycles. The van der Waals surface area contributed by atoms with Gasteiger partial charge in [0.2, 0.25) is 11.8 Å². The third-order valence-electron chi connectivity index (χ3n) is 11.5. The van der Waals surface area contributed by atoms with Gasteiger partial charge >= 0.3 is 0 Å². The molecule has 3 aliphatic heterocycles. The molecule has 2 fully saturated rings. The fraction of sp³-hybridized carbons (Fsp3) is 0.413. The number of amides is 6. The number of halogens is 1. The maximum Gasteiger partial charge on any atom is 0.267 e. The predicted octanol–water partition coefficient (Wildman–Crippen LogP) is 5.36. The van der Waals surface area contributed by atoms with E-state index in [9.17, 15) is 28.8 Å². The zero-order valence-corrected chi connectivity index (χ0v) is 38.6. The average Bonchev–Trinajstić information content (AvgIpc) is 3.86. The van der Waals surface area contributed by atoms with Gasteiger partial charge in [-0.1, -0.05) is 73.4 Å². The first-order valence-electron chi connectivity index (χ1n) is 22.1. The first kappa shape index (κ1) is 47.5. The van der Waals surface area contributed by atoms with E-state index in [2.05, 4.69) is 57.9 Å². The van der Waals surface area contributed by atoms with E-state index < -0.39 is 23.8 Å². The van der Waals surface area contributed by atoms with Crippen LogP contribution in [0.2, 0.25) is 5.02 Å². The molecule has 4 aromatic rings. The summed E-state index contributed by atoms with van der Waals surface area (Å²) in [6, 6.07) is 11.0. The van der Waals surface area contributed by atoms with Crippen molar-refractivity contribution in [3.05, 3.63) is 93.4 Å². The van der Waals surface area contributed by atoms with Crippen LogP contribution in [-0.4, -0.2) is 119 Å². The number of nitrogens with zero attached hydrogens (tertiary/aromatic N) is 6. The Morgan fingerprint density at radius 2 is 1.62 bits per heavy atom. The molecule has 1 unspecified atom stereocenters. The molecule has 1 atom stereocenters. The lowest BCUT2D eigenvalue weighted by atomic mass is 10.0. The van der Waals surface area contributed by atoms with E-state index in [-0.39, 0.29) is 41.2 Å². The number of hydrogen-bond donors (Lipinski definition) is 5. The molecule has 0 saturated carbocycles. The Balaban J connectivity index is 0.725. The number of thiazole rings is 1. The highest BCUT2D eigenvalue weighted by Gasteiger charge is 2.45. The summed E-state index contributed by atoms with van der Waals surface area (Å²) in [5.41, 5.74) is 2.17. The number of hydrogen-bond acceptors (Lipinski definition) is 14. The number of para-hydroxylation sites is 1. The summed E-state index contributed by atoms with van der Waals surface area (Å²) in [4.78, 5) is 96.3. The summed E-state index contributed by atoms with van der Waals surface area (Å²) in [7, 11) is 0. The fourth-order valence-electron chi connectivity index (χ4n) is 7.98. The van der Waals surface area contributed by atoms with Gasteiger partial charge in [-0.2, -0.15) is 0 Å². The molecule has 5 N–H and O–H groups in total. The zero-order chi connectivity index (χ0) is 46.7. The van der Waals surface area contributed by atoms with Crippen LogP contribution in [0.25, 0.3) is 0 Å². The van der Waals surface area contributed by atoms with E-state index >= 15 is 0 Å². The molecule has 18 nitrogen and oxygen atoms in total. The Morgan fingerprint density at radius 3 is 2.35 bits per heavy atom. The predicted molar refractivity (Wildman–Crippen MR) is 251 cm³/mol. The van der Waals surface area contributed by atoms with Gasteiger partial charge in [0, 0.05) is 51.0 Å². The van der Waals surface area contributed by atoms with Crippen LogP contribution in [0.15, 0.2) is 60.9 Å². The first-order valence-corrected chi connectivity index (χ1v) is 23.3. The molecular formula is C46H54ClN11O7S.